The second kappa shape index (κ2) is 4.21. The summed E-state index contributed by atoms with van der Waals surface area (Å²) in [4.78, 5) is 12.4. The summed E-state index contributed by atoms with van der Waals surface area (Å²) in [5.74, 6) is 0. The van der Waals surface area contributed by atoms with E-state index in [1.165, 1.54) is 6.42 Å². The number of hydrogen-bond acceptors (Lipinski definition) is 1. The van der Waals surface area contributed by atoms with Crippen LogP contribution in [0.3, 0.4) is 0 Å². The average Bonchev–Trinajstić information content (AvgIpc) is 2.40. The smallest absolute Gasteiger partial charge is 0.258 e. The zero-order valence-electron chi connectivity index (χ0n) is 9.67. The van der Waals surface area contributed by atoms with Crippen LogP contribution >= 0.6 is 0 Å². The fraction of sp³-hybridized carbons (Fsp3) is 0.267. The third kappa shape index (κ3) is 1.80. The number of pyridine rings is 1. The highest BCUT2D eigenvalue weighted by molar-refractivity contribution is 5.81. The first-order valence-electron chi connectivity index (χ1n) is 6.13. The van der Waals surface area contributed by atoms with Crippen molar-refractivity contribution in [2.75, 3.05) is 0 Å². The monoisotopic (exact) mass is 225 g/mol. The highest BCUT2D eigenvalue weighted by atomic mass is 16.1. The molecule has 2 heteroatoms. The zero-order valence-corrected chi connectivity index (χ0v) is 9.67. The maximum Gasteiger partial charge on any atom is 0.258 e. The molecule has 0 fully saturated rings. The van der Waals surface area contributed by atoms with E-state index in [1.807, 2.05) is 41.1 Å². The van der Waals surface area contributed by atoms with Crippen molar-refractivity contribution >= 4 is 10.8 Å². The van der Waals surface area contributed by atoms with Crippen LogP contribution in [0, 0.1) is 0 Å². The molecule has 0 bridgehead atoms. The topological polar surface area (TPSA) is 22.0 Å². The second-order valence-corrected chi connectivity index (χ2v) is 4.54. The molecule has 17 heavy (non-hydrogen) atoms. The molecular formula is C15H15NO. The Bertz CT molecular complexity index is 624. The summed E-state index contributed by atoms with van der Waals surface area (Å²) < 4.78 is 1.86. The van der Waals surface area contributed by atoms with Crippen molar-refractivity contribution in [2.24, 2.45) is 0 Å². The fourth-order valence-corrected chi connectivity index (χ4v) is 2.49. The minimum absolute atomic E-state index is 0.125. The van der Waals surface area contributed by atoms with Crippen molar-refractivity contribution in [3.63, 3.8) is 0 Å². The Kier molecular flexibility index (Phi) is 2.56. The van der Waals surface area contributed by atoms with Crippen LogP contribution in [0.2, 0.25) is 0 Å². The first-order valence-corrected chi connectivity index (χ1v) is 6.13. The van der Waals surface area contributed by atoms with Gasteiger partial charge >= 0.3 is 0 Å². The van der Waals surface area contributed by atoms with Gasteiger partial charge < -0.3 is 4.57 Å². The van der Waals surface area contributed by atoms with Crippen LogP contribution in [0.4, 0.5) is 0 Å². The minimum Gasteiger partial charge on any atom is -0.308 e. The summed E-state index contributed by atoms with van der Waals surface area (Å²) in [6, 6.07) is 10.0. The van der Waals surface area contributed by atoms with Crippen molar-refractivity contribution in [2.45, 2.75) is 25.3 Å². The van der Waals surface area contributed by atoms with Gasteiger partial charge in [-0.3, -0.25) is 4.79 Å². The van der Waals surface area contributed by atoms with Gasteiger partial charge in [-0.15, -0.1) is 0 Å². The summed E-state index contributed by atoms with van der Waals surface area (Å²) in [6.07, 6.45) is 9.62. The molecule has 2 nitrogen and oxygen atoms in total. The van der Waals surface area contributed by atoms with Crippen LogP contribution in [0.5, 0.6) is 0 Å². The van der Waals surface area contributed by atoms with Crippen LogP contribution in [-0.2, 0) is 0 Å². The largest absolute Gasteiger partial charge is 0.308 e. The fourth-order valence-electron chi connectivity index (χ4n) is 2.49. The lowest BCUT2D eigenvalue weighted by molar-refractivity contribution is 0.507. The van der Waals surface area contributed by atoms with E-state index in [-0.39, 0.29) is 11.6 Å². The van der Waals surface area contributed by atoms with E-state index in [9.17, 15) is 4.79 Å². The summed E-state index contributed by atoms with van der Waals surface area (Å²) in [7, 11) is 0. The maximum atomic E-state index is 12.4. The lowest BCUT2D eigenvalue weighted by Gasteiger charge is -2.19. The van der Waals surface area contributed by atoms with Crippen molar-refractivity contribution < 1.29 is 0 Å². The molecule has 3 rings (SSSR count). The maximum absolute atomic E-state index is 12.4. The molecule has 0 radical (unpaired) electrons. The van der Waals surface area contributed by atoms with Crippen molar-refractivity contribution in [1.82, 2.24) is 4.57 Å². The number of fused-ring (bicyclic) bond motifs is 1. The van der Waals surface area contributed by atoms with Crippen LogP contribution in [-0.4, -0.2) is 4.57 Å². The quantitative estimate of drug-likeness (QED) is 0.683. The van der Waals surface area contributed by atoms with Gasteiger partial charge in [-0.05, 0) is 36.8 Å². The van der Waals surface area contributed by atoms with Crippen molar-refractivity contribution in [1.29, 1.82) is 0 Å². The zero-order chi connectivity index (χ0) is 11.7. The molecule has 1 aromatic carbocycles. The Morgan fingerprint density at radius 2 is 2.06 bits per heavy atom. The molecule has 0 N–H and O–H groups in total. The lowest BCUT2D eigenvalue weighted by Crippen LogP contribution is -2.24. The van der Waals surface area contributed by atoms with Gasteiger partial charge in [-0.25, -0.2) is 0 Å². The predicted molar refractivity (Wildman–Crippen MR) is 70.2 cm³/mol. The summed E-state index contributed by atoms with van der Waals surface area (Å²) in [5.41, 5.74) is 0.125. The number of rotatable bonds is 1. The predicted octanol–water partition coefficient (Wildman–Crippen LogP) is 3.28. The molecule has 1 aromatic heterocycles. The van der Waals surface area contributed by atoms with Crippen LogP contribution in [0.15, 0.2) is 53.5 Å². The van der Waals surface area contributed by atoms with Gasteiger partial charge in [-0.2, -0.15) is 0 Å². The van der Waals surface area contributed by atoms with Crippen molar-refractivity contribution in [3.05, 3.63) is 59.0 Å². The van der Waals surface area contributed by atoms with E-state index in [4.69, 9.17) is 0 Å². The van der Waals surface area contributed by atoms with E-state index < -0.39 is 0 Å². The molecule has 0 amide bonds. The Hall–Kier alpha value is -1.83. The Morgan fingerprint density at radius 1 is 1.18 bits per heavy atom. The first kappa shape index (κ1) is 10.3. The van der Waals surface area contributed by atoms with Gasteiger partial charge in [0.2, 0.25) is 0 Å². The number of aromatic nitrogens is 1. The highest BCUT2D eigenvalue weighted by Crippen LogP contribution is 2.21. The number of nitrogens with zero attached hydrogens (tertiary/aromatic N) is 1. The van der Waals surface area contributed by atoms with E-state index >= 15 is 0 Å². The second-order valence-electron chi connectivity index (χ2n) is 4.54. The molecular weight excluding hydrogens is 210 g/mol. The molecule has 1 aliphatic carbocycles. The van der Waals surface area contributed by atoms with Gasteiger partial charge in [-0.1, -0.05) is 30.4 Å². The van der Waals surface area contributed by atoms with E-state index in [0.717, 1.165) is 23.6 Å². The van der Waals surface area contributed by atoms with Gasteiger partial charge in [0.25, 0.3) is 5.56 Å². The third-order valence-corrected chi connectivity index (χ3v) is 3.43. The SMILES string of the molecule is O=c1c2ccccc2ccn1C1C=CCCC1. The number of hydrogen-bond donors (Lipinski definition) is 0. The lowest BCUT2D eigenvalue weighted by atomic mass is 10.0. The van der Waals surface area contributed by atoms with E-state index in [2.05, 4.69) is 12.2 Å². The summed E-state index contributed by atoms with van der Waals surface area (Å²) in [6.45, 7) is 0. The van der Waals surface area contributed by atoms with Gasteiger partial charge in [0.05, 0.1) is 6.04 Å². The molecule has 0 saturated heterocycles. The standard InChI is InChI=1S/C15H15NO/c17-15-14-9-5-4-6-12(14)10-11-16(15)13-7-2-1-3-8-13/h2,4-7,9-11,13H,1,3,8H2. The number of allylic oxidation sites excluding steroid dienone is 2. The van der Waals surface area contributed by atoms with Gasteiger partial charge in [0, 0.05) is 11.6 Å². The average molecular weight is 225 g/mol. The molecule has 86 valence electrons. The normalized spacial score (nSPS) is 19.6. The number of benzene rings is 1. The third-order valence-electron chi connectivity index (χ3n) is 3.43. The van der Waals surface area contributed by atoms with Crippen LogP contribution < -0.4 is 5.56 Å². The van der Waals surface area contributed by atoms with E-state index in [1.54, 1.807) is 0 Å². The van der Waals surface area contributed by atoms with Gasteiger partial charge in [0.1, 0.15) is 0 Å². The van der Waals surface area contributed by atoms with Gasteiger partial charge in [0.15, 0.2) is 0 Å². The molecule has 1 unspecified atom stereocenters. The molecule has 0 saturated carbocycles. The van der Waals surface area contributed by atoms with Crippen LogP contribution in [0.1, 0.15) is 25.3 Å². The highest BCUT2D eigenvalue weighted by Gasteiger charge is 2.12. The Balaban J connectivity index is 2.17. The Labute approximate surface area is 100 Å². The molecule has 2 aromatic rings. The minimum atomic E-state index is 0.125. The van der Waals surface area contributed by atoms with Crippen LogP contribution in [0.25, 0.3) is 10.8 Å². The van der Waals surface area contributed by atoms with E-state index in [0.29, 0.717) is 0 Å². The molecule has 0 aliphatic heterocycles. The summed E-state index contributed by atoms with van der Waals surface area (Å²) in [5, 5.41) is 1.84. The molecule has 1 aliphatic rings. The van der Waals surface area contributed by atoms with Crippen molar-refractivity contribution in [3.8, 4) is 0 Å². The summed E-state index contributed by atoms with van der Waals surface area (Å²) >= 11 is 0. The molecule has 1 atom stereocenters. The Morgan fingerprint density at radius 3 is 2.88 bits per heavy atom. The first-order chi connectivity index (χ1) is 8.36. The molecule has 0 spiro atoms. The molecule has 1 heterocycles.